The van der Waals surface area contributed by atoms with Gasteiger partial charge >= 0.3 is 19.1 Å². The Morgan fingerprint density at radius 1 is 0.929 bits per heavy atom. The van der Waals surface area contributed by atoms with Gasteiger partial charge in [-0.05, 0) is 37.4 Å². The fourth-order valence-corrected chi connectivity index (χ4v) is 2.58. The third-order valence-corrected chi connectivity index (χ3v) is 3.89. The van der Waals surface area contributed by atoms with Gasteiger partial charge in [-0.3, -0.25) is 14.5 Å². The molecule has 0 N–H and O–H groups in total. The molecule has 2 aromatic carbocycles. The molecule has 28 heavy (non-hydrogen) atoms. The molecule has 1 saturated heterocycles. The van der Waals surface area contributed by atoms with Gasteiger partial charge in [-0.2, -0.15) is 10.5 Å². The van der Waals surface area contributed by atoms with Gasteiger partial charge in [0, 0.05) is 5.46 Å². The summed E-state index contributed by atoms with van der Waals surface area (Å²) in [6.45, 7) is -0.0145. The Hall–Kier alpha value is -3.82. The fourth-order valence-electron chi connectivity index (χ4n) is 2.58. The van der Waals surface area contributed by atoms with Crippen molar-refractivity contribution in [3.05, 3.63) is 53.6 Å². The van der Waals surface area contributed by atoms with E-state index >= 15 is 0 Å². The van der Waals surface area contributed by atoms with Crippen LogP contribution in [0.5, 0.6) is 11.5 Å². The summed E-state index contributed by atoms with van der Waals surface area (Å²) in [6.07, 6.45) is 0. The van der Waals surface area contributed by atoms with Gasteiger partial charge in [0.2, 0.25) is 0 Å². The first kappa shape index (κ1) is 19.0. The van der Waals surface area contributed by atoms with Gasteiger partial charge in [-0.15, -0.1) is 0 Å². The fraction of sp³-hybridized carbons (Fsp3) is 0.158. The molecule has 2 aromatic rings. The average Bonchev–Trinajstić information content (AvgIpc) is 2.66. The molecule has 1 aliphatic rings. The van der Waals surface area contributed by atoms with Gasteiger partial charge in [0.1, 0.15) is 23.6 Å². The molecule has 8 nitrogen and oxygen atoms in total. The number of carbonyl (C=O) groups excluding carboxylic acids is 2. The number of nitriles is 2. The molecular weight excluding hydrogens is 361 g/mol. The number of benzene rings is 2. The molecule has 0 aliphatic carbocycles. The number of hydrogen-bond donors (Lipinski definition) is 0. The molecule has 1 aliphatic heterocycles. The summed E-state index contributed by atoms with van der Waals surface area (Å²) in [5.74, 6) is -0.139. The standard InChI is InChI=1S/C19H14BN3O5/c1-23-11-18(24)27-20(28-19(25)12-23)15-3-6-16(7-4-15)26-17-5-2-13(9-21)14(8-17)10-22/h2-8H,11-12H2,1H3. The van der Waals surface area contributed by atoms with E-state index in [0.717, 1.165) is 0 Å². The molecule has 1 fully saturated rings. The summed E-state index contributed by atoms with van der Waals surface area (Å²) >= 11 is 0. The van der Waals surface area contributed by atoms with E-state index in [2.05, 4.69) is 0 Å². The lowest BCUT2D eigenvalue weighted by molar-refractivity contribution is -0.145. The largest absolute Gasteiger partial charge is 0.636 e. The first-order valence-corrected chi connectivity index (χ1v) is 8.28. The Balaban J connectivity index is 1.74. The Labute approximate surface area is 161 Å². The molecule has 0 aromatic heterocycles. The maximum absolute atomic E-state index is 11.8. The highest BCUT2D eigenvalue weighted by atomic mass is 16.6. The summed E-state index contributed by atoms with van der Waals surface area (Å²) in [7, 11) is 0.499. The number of nitrogens with zero attached hydrogens (tertiary/aromatic N) is 3. The lowest BCUT2D eigenvalue weighted by atomic mass is 9.78. The molecule has 0 atom stereocenters. The third-order valence-electron chi connectivity index (χ3n) is 3.89. The number of hydrogen-bond acceptors (Lipinski definition) is 8. The molecule has 9 heteroatoms. The highest BCUT2D eigenvalue weighted by Crippen LogP contribution is 2.23. The number of likely N-dealkylation sites (N-methyl/N-ethyl adjacent to an activating group) is 1. The van der Waals surface area contributed by atoms with E-state index < -0.39 is 19.1 Å². The van der Waals surface area contributed by atoms with Crippen LogP contribution >= 0.6 is 0 Å². The summed E-state index contributed by atoms with van der Waals surface area (Å²) in [5.41, 5.74) is 0.967. The van der Waals surface area contributed by atoms with Crippen molar-refractivity contribution in [2.45, 2.75) is 0 Å². The SMILES string of the molecule is CN1CC(=O)OB(c2ccc(Oc3ccc(C#N)c(C#N)c3)cc2)OC(=O)C1. The summed E-state index contributed by atoms with van der Waals surface area (Å²) < 4.78 is 16.1. The Morgan fingerprint density at radius 3 is 2.07 bits per heavy atom. The van der Waals surface area contributed by atoms with Gasteiger partial charge in [-0.25, -0.2) is 0 Å². The molecule has 0 saturated carbocycles. The average molecular weight is 375 g/mol. The zero-order chi connectivity index (χ0) is 20.1. The van der Waals surface area contributed by atoms with Crippen molar-refractivity contribution < 1.29 is 23.6 Å². The Morgan fingerprint density at radius 2 is 1.50 bits per heavy atom. The van der Waals surface area contributed by atoms with Gasteiger partial charge in [-0.1, -0.05) is 12.1 Å². The highest BCUT2D eigenvalue weighted by Gasteiger charge is 2.33. The van der Waals surface area contributed by atoms with Crippen LogP contribution in [0.15, 0.2) is 42.5 Å². The van der Waals surface area contributed by atoms with Crippen molar-refractivity contribution in [1.82, 2.24) is 4.90 Å². The van der Waals surface area contributed by atoms with Crippen LogP contribution in [0.1, 0.15) is 11.1 Å². The van der Waals surface area contributed by atoms with Crippen molar-refractivity contribution in [2.75, 3.05) is 20.1 Å². The minimum absolute atomic E-state index is 0.00723. The number of ether oxygens (including phenoxy) is 1. The lowest BCUT2D eigenvalue weighted by Gasteiger charge is -2.22. The van der Waals surface area contributed by atoms with Crippen molar-refractivity contribution >= 4 is 24.5 Å². The summed E-state index contributed by atoms with van der Waals surface area (Å²) in [4.78, 5) is 25.2. The van der Waals surface area contributed by atoms with E-state index in [0.29, 0.717) is 17.0 Å². The molecule has 0 bridgehead atoms. The van der Waals surface area contributed by atoms with Crippen LogP contribution in [0.25, 0.3) is 0 Å². The minimum Gasteiger partial charge on any atom is -0.494 e. The van der Waals surface area contributed by atoms with Gasteiger partial charge in [0.15, 0.2) is 0 Å². The second kappa shape index (κ2) is 8.25. The third kappa shape index (κ3) is 4.47. The van der Waals surface area contributed by atoms with E-state index in [-0.39, 0.29) is 24.2 Å². The summed E-state index contributed by atoms with van der Waals surface area (Å²) in [5, 5.41) is 18.0. The Kier molecular flexibility index (Phi) is 5.59. The second-order valence-electron chi connectivity index (χ2n) is 6.09. The first-order chi connectivity index (χ1) is 13.5. The van der Waals surface area contributed by atoms with E-state index in [4.69, 9.17) is 24.6 Å². The maximum atomic E-state index is 11.8. The zero-order valence-electron chi connectivity index (χ0n) is 14.9. The number of rotatable bonds is 3. The topological polar surface area (TPSA) is 113 Å². The molecule has 0 amide bonds. The van der Waals surface area contributed by atoms with E-state index in [1.54, 1.807) is 37.4 Å². The molecule has 0 radical (unpaired) electrons. The van der Waals surface area contributed by atoms with Crippen molar-refractivity contribution in [1.29, 1.82) is 10.5 Å². The van der Waals surface area contributed by atoms with Crippen LogP contribution < -0.4 is 10.2 Å². The van der Waals surface area contributed by atoms with Crippen molar-refractivity contribution in [2.24, 2.45) is 0 Å². The number of carbonyl (C=O) groups is 2. The monoisotopic (exact) mass is 375 g/mol. The maximum Gasteiger partial charge on any atom is 0.636 e. The summed E-state index contributed by atoms with van der Waals surface area (Å²) in [6, 6.07) is 14.9. The van der Waals surface area contributed by atoms with Gasteiger partial charge < -0.3 is 14.0 Å². The first-order valence-electron chi connectivity index (χ1n) is 8.28. The smallest absolute Gasteiger partial charge is 0.494 e. The molecule has 0 unspecified atom stereocenters. The molecule has 0 spiro atoms. The quantitative estimate of drug-likeness (QED) is 0.729. The van der Waals surface area contributed by atoms with Crippen LogP contribution in [-0.4, -0.2) is 44.1 Å². The molecule has 3 rings (SSSR count). The highest BCUT2D eigenvalue weighted by molar-refractivity contribution is 6.64. The predicted molar refractivity (Wildman–Crippen MR) is 97.5 cm³/mol. The zero-order valence-corrected chi connectivity index (χ0v) is 14.9. The van der Waals surface area contributed by atoms with Crippen LogP contribution in [0.2, 0.25) is 0 Å². The molecule has 1 heterocycles. The molecule has 138 valence electrons. The molecular formula is C19H14BN3O5. The predicted octanol–water partition coefficient (Wildman–Crippen LogP) is 0.949. The van der Waals surface area contributed by atoms with Crippen LogP contribution in [0.3, 0.4) is 0 Å². The minimum atomic E-state index is -1.12. The van der Waals surface area contributed by atoms with Crippen LogP contribution in [-0.2, 0) is 18.9 Å². The normalized spacial score (nSPS) is 14.8. The van der Waals surface area contributed by atoms with Gasteiger partial charge in [0.25, 0.3) is 0 Å². The van der Waals surface area contributed by atoms with Crippen LogP contribution in [0, 0.1) is 22.7 Å². The van der Waals surface area contributed by atoms with E-state index in [1.165, 1.54) is 17.0 Å². The van der Waals surface area contributed by atoms with Gasteiger partial charge in [0.05, 0.1) is 24.2 Å². The van der Waals surface area contributed by atoms with Crippen molar-refractivity contribution in [3.8, 4) is 23.6 Å². The lowest BCUT2D eigenvalue weighted by Crippen LogP contribution is -2.47. The van der Waals surface area contributed by atoms with Crippen LogP contribution in [0.4, 0.5) is 0 Å². The Bertz CT molecular complexity index is 974. The van der Waals surface area contributed by atoms with E-state index in [1.807, 2.05) is 12.1 Å². The second-order valence-corrected chi connectivity index (χ2v) is 6.09. The van der Waals surface area contributed by atoms with Crippen molar-refractivity contribution in [3.63, 3.8) is 0 Å². The van der Waals surface area contributed by atoms with E-state index in [9.17, 15) is 9.59 Å².